The first-order chi connectivity index (χ1) is 15.1. The summed E-state index contributed by atoms with van der Waals surface area (Å²) >= 11 is 0. The molecular formula is C24H25N3O4. The van der Waals surface area contributed by atoms with Crippen molar-refractivity contribution in [3.05, 3.63) is 54.1 Å². The monoisotopic (exact) mass is 419 g/mol. The summed E-state index contributed by atoms with van der Waals surface area (Å²) in [6, 6.07) is 15.2. The molecule has 1 aliphatic carbocycles. The van der Waals surface area contributed by atoms with Gasteiger partial charge < -0.3 is 14.8 Å². The molecular weight excluding hydrogens is 394 g/mol. The third kappa shape index (κ3) is 4.13. The molecule has 160 valence electrons. The number of ether oxygens (including phenoxy) is 2. The zero-order valence-electron chi connectivity index (χ0n) is 17.3. The van der Waals surface area contributed by atoms with Crippen molar-refractivity contribution in [1.29, 1.82) is 0 Å². The summed E-state index contributed by atoms with van der Waals surface area (Å²) in [7, 11) is 0. The number of nitrogens with one attached hydrogen (secondary N) is 1. The first kappa shape index (κ1) is 19.6. The van der Waals surface area contributed by atoms with Gasteiger partial charge in [0.15, 0.2) is 11.5 Å². The van der Waals surface area contributed by atoms with E-state index in [1.54, 1.807) is 12.1 Å². The molecule has 1 saturated carbocycles. The molecule has 2 aromatic rings. The predicted octanol–water partition coefficient (Wildman–Crippen LogP) is 4.08. The van der Waals surface area contributed by atoms with Gasteiger partial charge in [-0.3, -0.25) is 9.59 Å². The van der Waals surface area contributed by atoms with Crippen LogP contribution in [0.3, 0.4) is 0 Å². The molecule has 1 N–H and O–H groups in total. The van der Waals surface area contributed by atoms with Crippen molar-refractivity contribution in [3.63, 3.8) is 0 Å². The number of benzene rings is 2. The van der Waals surface area contributed by atoms with E-state index in [0.29, 0.717) is 18.0 Å². The highest BCUT2D eigenvalue weighted by Gasteiger charge is 2.44. The highest BCUT2D eigenvalue weighted by atomic mass is 16.7. The molecule has 7 heteroatoms. The fourth-order valence-electron chi connectivity index (χ4n) is 4.33. The SMILES string of the molecule is O=C(CCC(=O)N1CCC(c2ccccc2)=N1)Nc1ccc2c(c1)OC1(CCCC1)O2. The van der Waals surface area contributed by atoms with Crippen molar-refractivity contribution in [3.8, 4) is 11.5 Å². The minimum Gasteiger partial charge on any atom is -0.448 e. The molecule has 1 fully saturated rings. The molecule has 0 bridgehead atoms. The number of hydrogen-bond acceptors (Lipinski definition) is 5. The minimum atomic E-state index is -0.522. The van der Waals surface area contributed by atoms with Gasteiger partial charge in [-0.25, -0.2) is 5.01 Å². The molecule has 2 amide bonds. The van der Waals surface area contributed by atoms with Gasteiger partial charge in [-0.2, -0.15) is 5.10 Å². The lowest BCUT2D eigenvalue weighted by molar-refractivity contribution is -0.132. The third-order valence-electron chi connectivity index (χ3n) is 5.95. The van der Waals surface area contributed by atoms with Crippen molar-refractivity contribution < 1.29 is 19.1 Å². The van der Waals surface area contributed by atoms with Crippen LogP contribution in [0.5, 0.6) is 11.5 Å². The summed E-state index contributed by atoms with van der Waals surface area (Å²) in [4.78, 5) is 24.9. The molecule has 31 heavy (non-hydrogen) atoms. The Bertz CT molecular complexity index is 1030. The molecule has 5 rings (SSSR count). The normalized spacial score (nSPS) is 18.3. The van der Waals surface area contributed by atoms with Gasteiger partial charge in [-0.05, 0) is 30.5 Å². The van der Waals surface area contributed by atoms with Crippen LogP contribution < -0.4 is 14.8 Å². The van der Waals surface area contributed by atoms with Gasteiger partial charge in [0.05, 0.1) is 12.3 Å². The average Bonchev–Trinajstić information content (AvgIpc) is 3.52. The smallest absolute Gasteiger partial charge is 0.251 e. The van der Waals surface area contributed by atoms with Crippen LogP contribution in [0, 0.1) is 0 Å². The van der Waals surface area contributed by atoms with E-state index in [1.807, 2.05) is 36.4 Å². The maximum atomic E-state index is 12.5. The number of amides is 2. The number of nitrogens with zero attached hydrogens (tertiary/aromatic N) is 2. The molecule has 7 nitrogen and oxygen atoms in total. The Morgan fingerprint density at radius 2 is 1.77 bits per heavy atom. The Hall–Kier alpha value is -3.35. The van der Waals surface area contributed by atoms with Crippen molar-refractivity contribution in [2.24, 2.45) is 5.10 Å². The third-order valence-corrected chi connectivity index (χ3v) is 5.95. The van der Waals surface area contributed by atoms with Gasteiger partial charge in [-0.15, -0.1) is 0 Å². The van der Waals surface area contributed by atoms with E-state index in [2.05, 4.69) is 10.4 Å². The Labute approximate surface area is 181 Å². The lowest BCUT2D eigenvalue weighted by Gasteiger charge is -2.21. The number of fused-ring (bicyclic) bond motifs is 1. The number of hydrazone groups is 1. The Morgan fingerprint density at radius 3 is 2.58 bits per heavy atom. The van der Waals surface area contributed by atoms with Crippen molar-refractivity contribution in [1.82, 2.24) is 5.01 Å². The fraction of sp³-hybridized carbons (Fsp3) is 0.375. The summed E-state index contributed by atoms with van der Waals surface area (Å²) in [5, 5.41) is 8.75. The van der Waals surface area contributed by atoms with Crippen LogP contribution in [0.4, 0.5) is 5.69 Å². The zero-order chi connectivity index (χ0) is 21.3. The molecule has 0 radical (unpaired) electrons. The number of rotatable bonds is 5. The fourth-order valence-corrected chi connectivity index (χ4v) is 4.33. The maximum Gasteiger partial charge on any atom is 0.251 e. The van der Waals surface area contributed by atoms with Crippen molar-refractivity contribution in [2.45, 2.75) is 50.7 Å². The second-order valence-electron chi connectivity index (χ2n) is 8.21. The van der Waals surface area contributed by atoms with Crippen molar-refractivity contribution >= 4 is 23.2 Å². The Kier molecular flexibility index (Phi) is 5.10. The molecule has 0 atom stereocenters. The summed E-state index contributed by atoms with van der Waals surface area (Å²) in [5.41, 5.74) is 2.57. The summed E-state index contributed by atoms with van der Waals surface area (Å²) in [6.07, 6.45) is 4.90. The molecule has 0 aromatic heterocycles. The Morgan fingerprint density at radius 1 is 1.00 bits per heavy atom. The molecule has 2 heterocycles. The second-order valence-corrected chi connectivity index (χ2v) is 8.21. The van der Waals surface area contributed by atoms with Crippen LogP contribution in [0.15, 0.2) is 53.6 Å². The first-order valence-electron chi connectivity index (χ1n) is 10.9. The lowest BCUT2D eigenvalue weighted by atomic mass is 10.1. The average molecular weight is 419 g/mol. The van der Waals surface area contributed by atoms with E-state index < -0.39 is 5.79 Å². The highest BCUT2D eigenvalue weighted by molar-refractivity contribution is 6.02. The van der Waals surface area contributed by atoms with E-state index in [1.165, 1.54) is 5.01 Å². The van der Waals surface area contributed by atoms with Crippen molar-refractivity contribution in [2.75, 3.05) is 11.9 Å². The van der Waals surface area contributed by atoms with Gasteiger partial charge >= 0.3 is 0 Å². The van der Waals surface area contributed by atoms with Crippen LogP contribution in [0.1, 0.15) is 50.5 Å². The quantitative estimate of drug-likeness (QED) is 0.792. The van der Waals surface area contributed by atoms with E-state index in [0.717, 1.165) is 49.1 Å². The van der Waals surface area contributed by atoms with Crippen LogP contribution in [0.25, 0.3) is 0 Å². The highest BCUT2D eigenvalue weighted by Crippen LogP contribution is 2.47. The van der Waals surface area contributed by atoms with Gasteiger partial charge in [0.25, 0.3) is 5.79 Å². The molecule has 1 spiro atoms. The van der Waals surface area contributed by atoms with Crippen LogP contribution in [-0.4, -0.2) is 34.9 Å². The van der Waals surface area contributed by atoms with E-state index in [9.17, 15) is 9.59 Å². The van der Waals surface area contributed by atoms with Crippen LogP contribution in [0.2, 0.25) is 0 Å². The first-order valence-corrected chi connectivity index (χ1v) is 10.9. The van der Waals surface area contributed by atoms with E-state index in [4.69, 9.17) is 9.47 Å². The van der Waals surface area contributed by atoms with Gasteiger partial charge in [0.1, 0.15) is 0 Å². The van der Waals surface area contributed by atoms with Gasteiger partial charge in [-0.1, -0.05) is 30.3 Å². The minimum absolute atomic E-state index is 0.101. The number of carbonyl (C=O) groups excluding carboxylic acids is 2. The Balaban J connectivity index is 1.14. The number of carbonyl (C=O) groups is 2. The van der Waals surface area contributed by atoms with Crippen LogP contribution >= 0.6 is 0 Å². The number of anilines is 1. The van der Waals surface area contributed by atoms with E-state index in [-0.39, 0.29) is 24.7 Å². The van der Waals surface area contributed by atoms with Crippen LogP contribution in [-0.2, 0) is 9.59 Å². The molecule has 2 aromatic carbocycles. The van der Waals surface area contributed by atoms with Gasteiger partial charge in [0, 0.05) is 43.9 Å². The summed E-state index contributed by atoms with van der Waals surface area (Å²) in [5.74, 6) is 0.502. The zero-order valence-corrected chi connectivity index (χ0v) is 17.3. The standard InChI is InChI=1S/C24H25N3O4/c28-22(10-11-23(29)27-15-12-19(26-27)17-6-2-1-3-7-17)25-18-8-9-20-21(16-18)31-24(30-20)13-4-5-14-24/h1-3,6-9,16H,4-5,10-15H2,(H,25,28). The topological polar surface area (TPSA) is 80.2 Å². The summed E-state index contributed by atoms with van der Waals surface area (Å²) in [6.45, 7) is 0.550. The maximum absolute atomic E-state index is 12.5. The number of hydrogen-bond donors (Lipinski definition) is 1. The molecule has 0 unspecified atom stereocenters. The second kappa shape index (κ2) is 8.06. The molecule has 3 aliphatic rings. The molecule has 2 aliphatic heterocycles. The largest absolute Gasteiger partial charge is 0.448 e. The summed E-state index contributed by atoms with van der Waals surface area (Å²) < 4.78 is 12.0. The van der Waals surface area contributed by atoms with E-state index >= 15 is 0 Å². The lowest BCUT2D eigenvalue weighted by Crippen LogP contribution is -2.34. The van der Waals surface area contributed by atoms with Gasteiger partial charge in [0.2, 0.25) is 11.8 Å². The predicted molar refractivity (Wildman–Crippen MR) is 116 cm³/mol. The molecule has 0 saturated heterocycles.